The van der Waals surface area contributed by atoms with E-state index in [1.54, 1.807) is 11.3 Å². The number of nitrogens with one attached hydrogen (secondary N) is 2. The SMILES string of the molecule is O=C(Cc1cccs1)Nc1ccc(Nc2ccc3c(c2)OCCO3)cc1. The number of thiophene rings is 1. The first-order valence-electron chi connectivity index (χ1n) is 8.35. The minimum atomic E-state index is -0.0139. The van der Waals surface area contributed by atoms with Crippen molar-refractivity contribution in [2.24, 2.45) is 0 Å². The largest absolute Gasteiger partial charge is 0.486 e. The van der Waals surface area contributed by atoms with E-state index in [9.17, 15) is 4.79 Å². The Labute approximate surface area is 155 Å². The van der Waals surface area contributed by atoms with Crippen LogP contribution in [0.25, 0.3) is 0 Å². The summed E-state index contributed by atoms with van der Waals surface area (Å²) in [4.78, 5) is 13.1. The summed E-state index contributed by atoms with van der Waals surface area (Å²) in [5, 5.41) is 8.21. The maximum Gasteiger partial charge on any atom is 0.229 e. The van der Waals surface area contributed by atoms with E-state index in [0.29, 0.717) is 19.6 Å². The molecule has 0 spiro atoms. The van der Waals surface area contributed by atoms with Crippen molar-refractivity contribution in [2.45, 2.75) is 6.42 Å². The standard InChI is InChI=1S/C20H18N2O3S/c23-20(13-17-2-1-11-26-17)22-15-5-3-14(4-6-15)21-16-7-8-18-19(12-16)25-10-9-24-18/h1-8,11-12,21H,9-10,13H2,(H,22,23). The molecule has 132 valence electrons. The van der Waals surface area contributed by atoms with Gasteiger partial charge in [-0.15, -0.1) is 11.3 Å². The molecule has 3 aromatic rings. The average molecular weight is 366 g/mol. The summed E-state index contributed by atoms with van der Waals surface area (Å²) in [7, 11) is 0. The van der Waals surface area contributed by atoms with Crippen LogP contribution in [0.2, 0.25) is 0 Å². The lowest BCUT2D eigenvalue weighted by Crippen LogP contribution is -2.15. The van der Waals surface area contributed by atoms with Crippen molar-refractivity contribution in [1.29, 1.82) is 0 Å². The zero-order valence-electron chi connectivity index (χ0n) is 14.0. The quantitative estimate of drug-likeness (QED) is 0.701. The van der Waals surface area contributed by atoms with Gasteiger partial charge in [0.25, 0.3) is 0 Å². The molecule has 26 heavy (non-hydrogen) atoms. The molecule has 6 heteroatoms. The molecule has 0 radical (unpaired) electrons. The van der Waals surface area contributed by atoms with Crippen molar-refractivity contribution in [3.05, 3.63) is 64.9 Å². The summed E-state index contributed by atoms with van der Waals surface area (Å²) < 4.78 is 11.1. The van der Waals surface area contributed by atoms with Crippen LogP contribution in [0.15, 0.2) is 60.0 Å². The summed E-state index contributed by atoms with van der Waals surface area (Å²) in [6.07, 6.45) is 0.398. The summed E-state index contributed by atoms with van der Waals surface area (Å²) in [6, 6.07) is 17.3. The maximum atomic E-state index is 12.0. The molecule has 2 N–H and O–H groups in total. The first kappa shape index (κ1) is 16.5. The van der Waals surface area contributed by atoms with E-state index in [2.05, 4.69) is 10.6 Å². The van der Waals surface area contributed by atoms with E-state index in [1.807, 2.05) is 60.0 Å². The summed E-state index contributed by atoms with van der Waals surface area (Å²) in [5.41, 5.74) is 2.63. The fraction of sp³-hybridized carbons (Fsp3) is 0.150. The maximum absolute atomic E-state index is 12.0. The van der Waals surface area contributed by atoms with Crippen LogP contribution in [0.4, 0.5) is 17.1 Å². The Morgan fingerprint density at radius 1 is 0.923 bits per heavy atom. The topological polar surface area (TPSA) is 59.6 Å². The van der Waals surface area contributed by atoms with Gasteiger partial charge in [0.05, 0.1) is 6.42 Å². The van der Waals surface area contributed by atoms with Crippen molar-refractivity contribution in [1.82, 2.24) is 0 Å². The lowest BCUT2D eigenvalue weighted by molar-refractivity contribution is -0.115. The van der Waals surface area contributed by atoms with Gasteiger partial charge in [-0.3, -0.25) is 4.79 Å². The second-order valence-electron chi connectivity index (χ2n) is 5.87. The van der Waals surface area contributed by atoms with Crippen molar-refractivity contribution in [2.75, 3.05) is 23.8 Å². The van der Waals surface area contributed by atoms with Gasteiger partial charge in [-0.2, -0.15) is 0 Å². The molecule has 5 nitrogen and oxygen atoms in total. The normalized spacial score (nSPS) is 12.5. The van der Waals surface area contributed by atoms with E-state index in [1.165, 1.54) is 0 Å². The molecule has 0 saturated heterocycles. The number of carbonyl (C=O) groups excluding carboxylic acids is 1. The molecule has 1 amide bonds. The average Bonchev–Trinajstić information content (AvgIpc) is 3.16. The number of ether oxygens (including phenoxy) is 2. The molecule has 0 saturated carbocycles. The Morgan fingerprint density at radius 3 is 2.42 bits per heavy atom. The van der Waals surface area contributed by atoms with E-state index in [0.717, 1.165) is 33.4 Å². The van der Waals surface area contributed by atoms with Gasteiger partial charge in [0.1, 0.15) is 13.2 Å². The Balaban J connectivity index is 1.37. The molecule has 1 aromatic heterocycles. The van der Waals surface area contributed by atoms with Gasteiger partial charge in [0, 0.05) is 28.0 Å². The van der Waals surface area contributed by atoms with Crippen LogP contribution >= 0.6 is 11.3 Å². The third-order valence-corrected chi connectivity index (χ3v) is 4.79. The van der Waals surface area contributed by atoms with Gasteiger partial charge in [0.2, 0.25) is 5.91 Å². The lowest BCUT2D eigenvalue weighted by Gasteiger charge is -2.19. The number of fused-ring (bicyclic) bond motifs is 1. The van der Waals surface area contributed by atoms with Crippen LogP contribution < -0.4 is 20.1 Å². The van der Waals surface area contributed by atoms with Crippen LogP contribution in [0.1, 0.15) is 4.88 Å². The van der Waals surface area contributed by atoms with E-state index >= 15 is 0 Å². The lowest BCUT2D eigenvalue weighted by atomic mass is 10.2. The number of benzene rings is 2. The van der Waals surface area contributed by atoms with Gasteiger partial charge in [-0.1, -0.05) is 6.07 Å². The predicted octanol–water partition coefficient (Wildman–Crippen LogP) is 4.44. The van der Waals surface area contributed by atoms with Crippen molar-refractivity contribution in [3.63, 3.8) is 0 Å². The van der Waals surface area contributed by atoms with Gasteiger partial charge in [0.15, 0.2) is 11.5 Å². The summed E-state index contributed by atoms with van der Waals surface area (Å²) in [5.74, 6) is 1.50. The van der Waals surface area contributed by atoms with Gasteiger partial charge >= 0.3 is 0 Å². The molecular weight excluding hydrogens is 348 g/mol. The van der Waals surface area contributed by atoms with Crippen LogP contribution in [-0.2, 0) is 11.2 Å². The molecule has 4 rings (SSSR count). The van der Waals surface area contributed by atoms with Crippen molar-refractivity contribution < 1.29 is 14.3 Å². The third-order valence-electron chi connectivity index (χ3n) is 3.91. The predicted molar refractivity (Wildman–Crippen MR) is 104 cm³/mol. The molecule has 0 unspecified atom stereocenters. The fourth-order valence-corrected chi connectivity index (χ4v) is 3.40. The number of amides is 1. The van der Waals surface area contributed by atoms with E-state index in [-0.39, 0.29) is 5.91 Å². The van der Waals surface area contributed by atoms with Gasteiger partial charge in [-0.25, -0.2) is 0 Å². The second kappa shape index (κ2) is 7.49. The first-order chi connectivity index (χ1) is 12.8. The smallest absolute Gasteiger partial charge is 0.229 e. The van der Waals surface area contributed by atoms with E-state index in [4.69, 9.17) is 9.47 Å². The molecule has 0 atom stereocenters. The van der Waals surface area contributed by atoms with Gasteiger partial charge in [-0.05, 0) is 47.8 Å². The minimum Gasteiger partial charge on any atom is -0.486 e. The summed E-state index contributed by atoms with van der Waals surface area (Å²) in [6.45, 7) is 1.15. The highest BCUT2D eigenvalue weighted by molar-refractivity contribution is 7.10. The molecule has 2 heterocycles. The first-order valence-corrected chi connectivity index (χ1v) is 9.23. The van der Waals surface area contributed by atoms with Crippen LogP contribution in [0, 0.1) is 0 Å². The zero-order valence-corrected chi connectivity index (χ0v) is 14.8. The highest BCUT2D eigenvalue weighted by Crippen LogP contribution is 2.33. The Kier molecular flexibility index (Phi) is 4.75. The van der Waals surface area contributed by atoms with E-state index < -0.39 is 0 Å². The zero-order chi connectivity index (χ0) is 17.8. The second-order valence-corrected chi connectivity index (χ2v) is 6.90. The summed E-state index contributed by atoms with van der Waals surface area (Å²) >= 11 is 1.59. The number of rotatable bonds is 5. The fourth-order valence-electron chi connectivity index (χ4n) is 2.70. The monoisotopic (exact) mass is 366 g/mol. The van der Waals surface area contributed by atoms with Crippen molar-refractivity contribution >= 4 is 34.3 Å². The molecule has 0 fully saturated rings. The highest BCUT2D eigenvalue weighted by Gasteiger charge is 2.11. The Hall–Kier alpha value is -2.99. The van der Waals surface area contributed by atoms with Gasteiger partial charge < -0.3 is 20.1 Å². The molecule has 1 aliphatic heterocycles. The number of hydrogen-bond donors (Lipinski definition) is 2. The molecule has 0 aliphatic carbocycles. The Bertz CT molecular complexity index is 892. The number of carbonyl (C=O) groups is 1. The minimum absolute atomic E-state index is 0.0139. The van der Waals surface area contributed by atoms with Crippen LogP contribution in [0.3, 0.4) is 0 Å². The molecular formula is C20H18N2O3S. The van der Waals surface area contributed by atoms with Crippen LogP contribution in [0.5, 0.6) is 11.5 Å². The molecule has 2 aromatic carbocycles. The third kappa shape index (κ3) is 3.97. The molecule has 0 bridgehead atoms. The van der Waals surface area contributed by atoms with Crippen LogP contribution in [-0.4, -0.2) is 19.1 Å². The van der Waals surface area contributed by atoms with Crippen molar-refractivity contribution in [3.8, 4) is 11.5 Å². The number of anilines is 3. The number of hydrogen-bond acceptors (Lipinski definition) is 5. The molecule has 1 aliphatic rings. The Morgan fingerprint density at radius 2 is 1.65 bits per heavy atom. The highest BCUT2D eigenvalue weighted by atomic mass is 32.1.